The first-order valence-electron chi connectivity index (χ1n) is 18.2. The first-order valence-corrected chi connectivity index (χ1v) is 18.2. The van der Waals surface area contributed by atoms with Crippen LogP contribution in [0.5, 0.6) is 0 Å². The first-order chi connectivity index (χ1) is 27.2. The summed E-state index contributed by atoms with van der Waals surface area (Å²) >= 11 is 0. The number of nitrogens with zero attached hydrogens (tertiary/aromatic N) is 6. The molecule has 0 aliphatic rings. The molecule has 4 heterocycles. The van der Waals surface area contributed by atoms with Gasteiger partial charge >= 0.3 is 0 Å². The molecule has 0 unspecified atom stereocenters. The molecule has 6 aromatic carbocycles. The second kappa shape index (κ2) is 13.8. The predicted molar refractivity (Wildman–Crippen MR) is 222 cm³/mol. The molecule has 0 bridgehead atoms. The summed E-state index contributed by atoms with van der Waals surface area (Å²) < 4.78 is 2.34. The fourth-order valence-corrected chi connectivity index (χ4v) is 7.29. The Hall–Kier alpha value is -7.57. The van der Waals surface area contributed by atoms with Crippen LogP contribution in [-0.2, 0) is 0 Å². The lowest BCUT2D eigenvalue weighted by atomic mass is 10.0. The Morgan fingerprint density at radius 2 is 0.673 bits per heavy atom. The number of hydrogen-bond acceptors (Lipinski definition) is 5. The monoisotopic (exact) mass is 704 g/mol. The third kappa shape index (κ3) is 6.11. The fraction of sp³-hybridized carbons (Fsp3) is 0. The largest absolute Gasteiger partial charge is 0.309 e. The molecule has 0 aliphatic carbocycles. The summed E-state index contributed by atoms with van der Waals surface area (Å²) in [5.74, 6) is 1.84. The summed E-state index contributed by atoms with van der Waals surface area (Å²) in [4.78, 5) is 23.4. The highest BCUT2D eigenvalue weighted by Crippen LogP contribution is 2.36. The smallest absolute Gasteiger partial charge is 0.164 e. The van der Waals surface area contributed by atoms with Crippen molar-refractivity contribution in [3.05, 3.63) is 195 Å². The highest BCUT2D eigenvalue weighted by Gasteiger charge is 2.15. The molecule has 0 saturated heterocycles. The minimum absolute atomic E-state index is 0.615. The number of hydrogen-bond donors (Lipinski definition) is 0. The van der Waals surface area contributed by atoms with Gasteiger partial charge in [0.05, 0.1) is 11.0 Å². The average Bonchev–Trinajstić information content (AvgIpc) is 3.61. The second-order valence-electron chi connectivity index (χ2n) is 13.4. The summed E-state index contributed by atoms with van der Waals surface area (Å²) in [6, 6.07) is 59.1. The highest BCUT2D eigenvalue weighted by molar-refractivity contribution is 6.10. The number of fused-ring (bicyclic) bond motifs is 3. The molecule has 6 heteroatoms. The quantitative estimate of drug-likeness (QED) is 0.165. The number of benzene rings is 6. The lowest BCUT2D eigenvalue weighted by Crippen LogP contribution is -2.00. The highest BCUT2D eigenvalue weighted by atomic mass is 15.0. The summed E-state index contributed by atoms with van der Waals surface area (Å²) in [5.41, 5.74) is 12.9. The Kier molecular flexibility index (Phi) is 8.04. The molecule has 0 amide bonds. The van der Waals surface area contributed by atoms with E-state index in [0.717, 1.165) is 55.8 Å². The van der Waals surface area contributed by atoms with E-state index in [1.165, 1.54) is 21.8 Å². The van der Waals surface area contributed by atoms with Crippen LogP contribution in [0.2, 0.25) is 0 Å². The third-order valence-corrected chi connectivity index (χ3v) is 10.1. The van der Waals surface area contributed by atoms with Crippen molar-refractivity contribution in [3.63, 3.8) is 0 Å². The Bertz CT molecular complexity index is 2820. The molecule has 0 N–H and O–H groups in total. The van der Waals surface area contributed by atoms with Gasteiger partial charge in [0.25, 0.3) is 0 Å². The van der Waals surface area contributed by atoms with Crippen LogP contribution in [0.15, 0.2) is 195 Å². The molecular weight excluding hydrogens is 673 g/mol. The molecule has 0 spiro atoms. The van der Waals surface area contributed by atoms with Crippen LogP contribution >= 0.6 is 0 Å². The van der Waals surface area contributed by atoms with E-state index < -0.39 is 0 Å². The Morgan fingerprint density at radius 3 is 1.18 bits per heavy atom. The summed E-state index contributed by atoms with van der Waals surface area (Å²) in [7, 11) is 0. The van der Waals surface area contributed by atoms with Gasteiger partial charge in [0.2, 0.25) is 0 Å². The topological polar surface area (TPSA) is 69.4 Å². The summed E-state index contributed by atoms with van der Waals surface area (Å²) in [6.45, 7) is 0. The maximum atomic E-state index is 5.03. The van der Waals surface area contributed by atoms with E-state index in [1.54, 1.807) is 0 Å². The maximum absolute atomic E-state index is 5.03. The first kappa shape index (κ1) is 32.1. The summed E-state index contributed by atoms with van der Waals surface area (Å²) in [6.07, 6.45) is 7.23. The van der Waals surface area contributed by atoms with Crippen molar-refractivity contribution in [3.8, 4) is 73.2 Å². The lowest BCUT2D eigenvalue weighted by Gasteiger charge is -2.10. The van der Waals surface area contributed by atoms with Crippen molar-refractivity contribution >= 4 is 21.8 Å². The third-order valence-electron chi connectivity index (χ3n) is 10.1. The average molecular weight is 705 g/mol. The van der Waals surface area contributed by atoms with Gasteiger partial charge in [0, 0.05) is 57.9 Å². The van der Waals surface area contributed by atoms with Crippen molar-refractivity contribution in [2.75, 3.05) is 0 Å². The van der Waals surface area contributed by atoms with Gasteiger partial charge in [-0.3, -0.25) is 9.97 Å². The fourth-order valence-electron chi connectivity index (χ4n) is 7.29. The van der Waals surface area contributed by atoms with E-state index >= 15 is 0 Å². The van der Waals surface area contributed by atoms with Crippen molar-refractivity contribution in [1.82, 2.24) is 29.5 Å². The Morgan fingerprint density at radius 1 is 0.291 bits per heavy atom. The van der Waals surface area contributed by atoms with Crippen LogP contribution in [0.3, 0.4) is 0 Å². The van der Waals surface area contributed by atoms with Crippen LogP contribution in [-0.4, -0.2) is 29.5 Å². The van der Waals surface area contributed by atoms with Gasteiger partial charge in [-0.05, 0) is 88.0 Å². The minimum Gasteiger partial charge on any atom is -0.309 e. The number of pyridine rings is 2. The zero-order valence-corrected chi connectivity index (χ0v) is 29.7. The normalized spacial score (nSPS) is 11.3. The molecule has 55 heavy (non-hydrogen) atoms. The second-order valence-corrected chi connectivity index (χ2v) is 13.4. The molecule has 10 aromatic rings. The molecule has 0 atom stereocenters. The van der Waals surface area contributed by atoms with Crippen molar-refractivity contribution in [2.24, 2.45) is 0 Å². The lowest BCUT2D eigenvalue weighted by molar-refractivity contribution is 1.07. The van der Waals surface area contributed by atoms with Crippen LogP contribution < -0.4 is 0 Å². The zero-order valence-electron chi connectivity index (χ0n) is 29.7. The van der Waals surface area contributed by atoms with Crippen LogP contribution in [0.4, 0.5) is 0 Å². The molecule has 0 radical (unpaired) electrons. The molecule has 10 rings (SSSR count). The van der Waals surface area contributed by atoms with Gasteiger partial charge in [0.15, 0.2) is 17.5 Å². The van der Waals surface area contributed by atoms with Crippen LogP contribution in [0.1, 0.15) is 0 Å². The van der Waals surface area contributed by atoms with E-state index in [1.807, 2.05) is 49.1 Å². The van der Waals surface area contributed by atoms with E-state index in [-0.39, 0.29) is 0 Å². The van der Waals surface area contributed by atoms with Gasteiger partial charge < -0.3 is 4.57 Å². The molecular formula is C49H32N6. The molecule has 0 aliphatic heterocycles. The van der Waals surface area contributed by atoms with Crippen molar-refractivity contribution < 1.29 is 0 Å². The Balaban J connectivity index is 1.03. The number of para-hydroxylation sites is 2. The molecule has 0 saturated carbocycles. The van der Waals surface area contributed by atoms with Crippen molar-refractivity contribution in [2.45, 2.75) is 0 Å². The molecule has 0 fully saturated rings. The van der Waals surface area contributed by atoms with Crippen LogP contribution in [0, 0.1) is 0 Å². The van der Waals surface area contributed by atoms with E-state index in [2.05, 4.69) is 160 Å². The molecule has 4 aromatic heterocycles. The predicted octanol–water partition coefficient (Wildman–Crippen LogP) is 11.8. The van der Waals surface area contributed by atoms with Gasteiger partial charge in [-0.25, -0.2) is 15.0 Å². The van der Waals surface area contributed by atoms with E-state index in [0.29, 0.717) is 17.5 Å². The standard InChI is InChI=1S/C49H32N6/c1-2-6-42(7-3-1)55-45-9-5-4-8-43(45)44-32-41(22-23-46(44)55)35-14-20-40(21-15-35)49-53-47(38-16-10-33(11-17-38)36-24-28-50-29-25-36)52-48(54-49)39-18-12-34(13-19-39)37-26-30-51-31-27-37/h1-32H. The van der Waals surface area contributed by atoms with Crippen molar-refractivity contribution in [1.29, 1.82) is 0 Å². The molecule has 6 nitrogen and oxygen atoms in total. The SMILES string of the molecule is c1ccc(-n2c3ccccc3c3cc(-c4ccc(-c5nc(-c6ccc(-c7ccncc7)cc6)nc(-c6ccc(-c7ccncc7)cc6)n5)cc4)ccc32)cc1. The summed E-state index contributed by atoms with van der Waals surface area (Å²) in [5, 5.41) is 2.45. The van der Waals surface area contributed by atoms with Crippen LogP contribution in [0.25, 0.3) is 95.0 Å². The Labute approximate surface area is 318 Å². The zero-order chi connectivity index (χ0) is 36.6. The number of rotatable bonds is 7. The molecule has 258 valence electrons. The van der Waals surface area contributed by atoms with Gasteiger partial charge in [-0.15, -0.1) is 0 Å². The minimum atomic E-state index is 0.615. The van der Waals surface area contributed by atoms with E-state index in [4.69, 9.17) is 15.0 Å². The van der Waals surface area contributed by atoms with Gasteiger partial charge in [-0.1, -0.05) is 115 Å². The van der Waals surface area contributed by atoms with Gasteiger partial charge in [0.1, 0.15) is 0 Å². The van der Waals surface area contributed by atoms with Gasteiger partial charge in [-0.2, -0.15) is 0 Å². The number of aromatic nitrogens is 6. The van der Waals surface area contributed by atoms with E-state index in [9.17, 15) is 0 Å². The maximum Gasteiger partial charge on any atom is 0.164 e.